The maximum atomic E-state index is 4.31. The quantitative estimate of drug-likeness (QED) is 0.312. The van der Waals surface area contributed by atoms with E-state index in [9.17, 15) is 0 Å². The zero-order valence-electron chi connectivity index (χ0n) is 21.8. The van der Waals surface area contributed by atoms with Gasteiger partial charge in [0.15, 0.2) is 0 Å². The highest BCUT2D eigenvalue weighted by Crippen LogP contribution is 2.28. The highest BCUT2D eigenvalue weighted by Gasteiger charge is 2.22. The highest BCUT2D eigenvalue weighted by atomic mass is 15.1. The molecule has 0 radical (unpaired) electrons. The molecule has 0 spiro atoms. The normalized spacial score (nSPS) is 18.5. The van der Waals surface area contributed by atoms with E-state index in [-0.39, 0.29) is 0 Å². The number of piperidine rings is 2. The molecule has 2 heterocycles. The predicted molar refractivity (Wildman–Crippen MR) is 152 cm³/mol. The lowest BCUT2D eigenvalue weighted by molar-refractivity contribution is 0.165. The van der Waals surface area contributed by atoms with Crippen molar-refractivity contribution >= 4 is 11.1 Å². The van der Waals surface area contributed by atoms with Crippen LogP contribution in [0.15, 0.2) is 73.8 Å². The van der Waals surface area contributed by atoms with Gasteiger partial charge in [0.1, 0.15) is 0 Å². The van der Waals surface area contributed by atoms with E-state index in [4.69, 9.17) is 0 Å². The molecule has 4 rings (SSSR count). The van der Waals surface area contributed by atoms with Crippen molar-refractivity contribution in [3.05, 3.63) is 84.9 Å². The van der Waals surface area contributed by atoms with Crippen molar-refractivity contribution in [1.82, 2.24) is 9.80 Å². The van der Waals surface area contributed by atoms with Crippen LogP contribution in [0.5, 0.6) is 0 Å². The Kier molecular flexibility index (Phi) is 10.2. The number of nitrogens with zero attached hydrogens (tertiary/aromatic N) is 2. The molecular weight excluding hydrogens is 424 g/mol. The van der Waals surface area contributed by atoms with Crippen molar-refractivity contribution in [2.45, 2.75) is 57.8 Å². The summed E-state index contributed by atoms with van der Waals surface area (Å²) in [5.41, 5.74) is 5.15. The van der Waals surface area contributed by atoms with Crippen LogP contribution in [0.25, 0.3) is 11.1 Å². The third-order valence-corrected chi connectivity index (χ3v) is 8.46. The van der Waals surface area contributed by atoms with Crippen LogP contribution in [-0.4, -0.2) is 49.1 Å². The van der Waals surface area contributed by atoms with Crippen LogP contribution >= 0.6 is 0 Å². The largest absolute Gasteiger partial charge is 0.303 e. The first-order valence-electron chi connectivity index (χ1n) is 14.1. The molecule has 0 N–H and O–H groups in total. The van der Waals surface area contributed by atoms with Gasteiger partial charge in [-0.2, -0.15) is 0 Å². The monoisotopic (exact) mass is 470 g/mol. The van der Waals surface area contributed by atoms with E-state index in [2.05, 4.69) is 83.6 Å². The summed E-state index contributed by atoms with van der Waals surface area (Å²) in [7, 11) is 0. The average molecular weight is 471 g/mol. The van der Waals surface area contributed by atoms with Gasteiger partial charge in [-0.15, -0.1) is 0 Å². The van der Waals surface area contributed by atoms with Gasteiger partial charge < -0.3 is 9.80 Å². The molecule has 35 heavy (non-hydrogen) atoms. The van der Waals surface area contributed by atoms with E-state index in [1.54, 1.807) is 0 Å². The van der Waals surface area contributed by atoms with Gasteiger partial charge in [0.2, 0.25) is 0 Å². The lowest BCUT2D eigenvalue weighted by atomic mass is 9.86. The Morgan fingerprint density at radius 2 is 0.971 bits per heavy atom. The van der Waals surface area contributed by atoms with E-state index < -0.39 is 0 Å². The van der Waals surface area contributed by atoms with Crippen molar-refractivity contribution in [3.63, 3.8) is 0 Å². The van der Waals surface area contributed by atoms with Crippen LogP contribution in [0.2, 0.25) is 0 Å². The molecule has 0 unspecified atom stereocenters. The second-order valence-corrected chi connectivity index (χ2v) is 10.9. The van der Waals surface area contributed by atoms with Crippen LogP contribution in [0.4, 0.5) is 0 Å². The molecule has 2 aromatic carbocycles. The molecule has 0 bridgehead atoms. The summed E-state index contributed by atoms with van der Waals surface area (Å²) in [4.78, 5) is 5.32. The van der Waals surface area contributed by atoms with Crippen molar-refractivity contribution in [2.75, 3.05) is 39.3 Å². The van der Waals surface area contributed by atoms with Crippen molar-refractivity contribution in [1.29, 1.82) is 0 Å². The standard InChI is InChI=1S/C33H46N2/c1-28(32-12-5-3-6-13-32)16-22-34-24-18-30(19-25-34)10-9-11-31-20-26-35(27-21-31)23-17-29(2)33-14-7-4-8-15-33/h3-8,12-15,30-31H,1-2,9-11,16-27H2. The van der Waals surface area contributed by atoms with Gasteiger partial charge in [0.25, 0.3) is 0 Å². The second kappa shape index (κ2) is 13.8. The first kappa shape index (κ1) is 25.9. The van der Waals surface area contributed by atoms with Crippen molar-refractivity contribution in [3.8, 4) is 0 Å². The second-order valence-electron chi connectivity index (χ2n) is 10.9. The summed E-state index contributed by atoms with van der Waals surface area (Å²) in [5.74, 6) is 1.90. The van der Waals surface area contributed by atoms with Gasteiger partial charge in [0.05, 0.1) is 0 Å². The minimum absolute atomic E-state index is 0.952. The molecular formula is C33H46N2. The smallest absolute Gasteiger partial charge is 0.00218 e. The van der Waals surface area contributed by atoms with Gasteiger partial charge in [-0.05, 0) is 98.8 Å². The van der Waals surface area contributed by atoms with Gasteiger partial charge in [-0.1, -0.05) is 93.1 Å². The van der Waals surface area contributed by atoms with E-state index in [1.165, 1.54) is 93.4 Å². The molecule has 2 aliphatic heterocycles. The van der Waals surface area contributed by atoms with Crippen LogP contribution in [0.1, 0.15) is 68.9 Å². The fourth-order valence-corrected chi connectivity index (χ4v) is 5.92. The maximum Gasteiger partial charge on any atom is 0.00218 e. The zero-order chi connectivity index (χ0) is 24.3. The predicted octanol–water partition coefficient (Wildman–Crippen LogP) is 7.79. The number of likely N-dealkylation sites (tertiary alicyclic amines) is 2. The molecule has 2 heteroatoms. The zero-order valence-corrected chi connectivity index (χ0v) is 21.8. The summed E-state index contributed by atoms with van der Waals surface area (Å²) in [6.45, 7) is 16.1. The van der Waals surface area contributed by atoms with E-state index >= 15 is 0 Å². The number of rotatable bonds is 12. The lowest BCUT2D eigenvalue weighted by Gasteiger charge is -2.34. The number of hydrogen-bond acceptors (Lipinski definition) is 2. The van der Waals surface area contributed by atoms with Crippen LogP contribution < -0.4 is 0 Å². The third-order valence-electron chi connectivity index (χ3n) is 8.46. The first-order chi connectivity index (χ1) is 17.2. The Balaban J connectivity index is 1.03. The number of hydrogen-bond donors (Lipinski definition) is 0. The summed E-state index contributed by atoms with van der Waals surface area (Å²) < 4.78 is 0. The van der Waals surface area contributed by atoms with E-state index in [0.29, 0.717) is 0 Å². The fraction of sp³-hybridized carbons (Fsp3) is 0.515. The van der Waals surface area contributed by atoms with Crippen LogP contribution in [-0.2, 0) is 0 Å². The van der Waals surface area contributed by atoms with Gasteiger partial charge in [-0.3, -0.25) is 0 Å². The minimum atomic E-state index is 0.952. The Morgan fingerprint density at radius 1 is 0.600 bits per heavy atom. The summed E-state index contributed by atoms with van der Waals surface area (Å²) in [6, 6.07) is 21.3. The molecule has 0 aromatic heterocycles. The van der Waals surface area contributed by atoms with Crippen molar-refractivity contribution < 1.29 is 0 Å². The van der Waals surface area contributed by atoms with Crippen molar-refractivity contribution in [2.24, 2.45) is 11.8 Å². The Bertz CT molecular complexity index is 812. The Labute approximate surface area is 214 Å². The Morgan fingerprint density at radius 3 is 1.34 bits per heavy atom. The summed E-state index contributed by atoms with van der Waals surface area (Å²) >= 11 is 0. The molecule has 2 saturated heterocycles. The molecule has 188 valence electrons. The average Bonchev–Trinajstić information content (AvgIpc) is 2.93. The molecule has 2 aromatic rings. The molecule has 0 amide bonds. The fourth-order valence-electron chi connectivity index (χ4n) is 5.92. The highest BCUT2D eigenvalue weighted by molar-refractivity contribution is 5.63. The van der Waals surface area contributed by atoms with Gasteiger partial charge in [0, 0.05) is 13.1 Å². The molecule has 2 aliphatic rings. The van der Waals surface area contributed by atoms with Gasteiger partial charge in [-0.25, -0.2) is 0 Å². The van der Waals surface area contributed by atoms with E-state index in [0.717, 1.165) is 37.8 Å². The molecule has 0 atom stereocenters. The number of benzene rings is 2. The van der Waals surface area contributed by atoms with E-state index in [1.807, 2.05) is 0 Å². The molecule has 2 fully saturated rings. The SMILES string of the molecule is C=C(CCN1CCC(CCCC2CCN(CCC(=C)c3ccccc3)CC2)CC1)c1ccccc1. The minimum Gasteiger partial charge on any atom is -0.303 e. The maximum absolute atomic E-state index is 4.31. The summed E-state index contributed by atoms with van der Waals surface area (Å²) in [6.07, 6.45) is 12.1. The molecule has 0 saturated carbocycles. The third kappa shape index (κ3) is 8.47. The van der Waals surface area contributed by atoms with Crippen LogP contribution in [0.3, 0.4) is 0 Å². The Hall–Kier alpha value is -2.16. The summed E-state index contributed by atoms with van der Waals surface area (Å²) in [5, 5.41) is 0. The lowest BCUT2D eigenvalue weighted by Crippen LogP contribution is -2.35. The molecule has 0 aliphatic carbocycles. The molecule has 2 nitrogen and oxygen atoms in total. The first-order valence-corrected chi connectivity index (χ1v) is 14.1. The van der Waals surface area contributed by atoms with Gasteiger partial charge >= 0.3 is 0 Å². The van der Waals surface area contributed by atoms with Crippen LogP contribution in [0, 0.1) is 11.8 Å². The topological polar surface area (TPSA) is 6.48 Å².